The van der Waals surface area contributed by atoms with Crippen molar-refractivity contribution in [1.82, 2.24) is 9.62 Å². The molecule has 7 heteroatoms. The first kappa shape index (κ1) is 16.5. The fraction of sp³-hybridized carbons (Fsp3) is 0.571. The lowest BCUT2D eigenvalue weighted by molar-refractivity contribution is 0.338. The predicted octanol–water partition coefficient (Wildman–Crippen LogP) is 1.49. The molecule has 0 amide bonds. The fourth-order valence-electron chi connectivity index (χ4n) is 3.14. The van der Waals surface area contributed by atoms with Gasteiger partial charge in [0.05, 0.1) is 12.0 Å². The van der Waals surface area contributed by atoms with E-state index in [1.807, 2.05) is 0 Å². The van der Waals surface area contributed by atoms with E-state index in [1.165, 1.54) is 0 Å². The highest BCUT2D eigenvalue weighted by Crippen LogP contribution is 2.38. The number of ether oxygens (including phenoxy) is 1. The summed E-state index contributed by atoms with van der Waals surface area (Å²) in [5, 5.41) is 3.34. The zero-order chi connectivity index (χ0) is 14.2. The van der Waals surface area contributed by atoms with Crippen LogP contribution in [0.25, 0.3) is 0 Å². The number of hydrogen-bond donors (Lipinski definition) is 1. The summed E-state index contributed by atoms with van der Waals surface area (Å²) in [6.45, 7) is 3.18. The Bertz CT molecular complexity index is 583. The number of nitrogens with one attached hydrogen (secondary N) is 1. The van der Waals surface area contributed by atoms with E-state index < -0.39 is 10.0 Å². The number of sulfonamides is 1. The minimum Gasteiger partial charge on any atom is -0.497 e. The van der Waals surface area contributed by atoms with Crippen LogP contribution in [0.2, 0.25) is 0 Å². The Morgan fingerprint density at radius 2 is 1.95 bits per heavy atom. The second-order valence-electron chi connectivity index (χ2n) is 5.69. The maximum atomic E-state index is 12.6. The van der Waals surface area contributed by atoms with Gasteiger partial charge in [-0.3, -0.25) is 0 Å². The van der Waals surface area contributed by atoms with Gasteiger partial charge in [0.1, 0.15) is 5.75 Å². The molecule has 118 valence electrons. The Morgan fingerprint density at radius 3 is 2.52 bits per heavy atom. The SMILES string of the molecule is COc1ccc(S(=O)(=O)N2CCC3(CCNC3)C2)cc1.Cl. The smallest absolute Gasteiger partial charge is 0.243 e. The number of rotatable bonds is 3. The highest BCUT2D eigenvalue weighted by Gasteiger charge is 2.44. The third-order valence-electron chi connectivity index (χ3n) is 4.43. The van der Waals surface area contributed by atoms with Crippen LogP contribution in [-0.4, -0.2) is 46.0 Å². The Labute approximate surface area is 132 Å². The van der Waals surface area contributed by atoms with Crippen molar-refractivity contribution in [1.29, 1.82) is 0 Å². The molecule has 1 unspecified atom stereocenters. The van der Waals surface area contributed by atoms with Crippen LogP contribution in [0.15, 0.2) is 29.2 Å². The third kappa shape index (κ3) is 3.04. The van der Waals surface area contributed by atoms with Crippen LogP contribution in [0.5, 0.6) is 5.75 Å². The van der Waals surface area contributed by atoms with Crippen molar-refractivity contribution in [2.75, 3.05) is 33.3 Å². The fourth-order valence-corrected chi connectivity index (χ4v) is 4.69. The summed E-state index contributed by atoms with van der Waals surface area (Å²) in [7, 11) is -1.81. The van der Waals surface area contributed by atoms with Crippen LogP contribution >= 0.6 is 12.4 Å². The van der Waals surface area contributed by atoms with Gasteiger partial charge in [0.25, 0.3) is 0 Å². The first-order valence-corrected chi connectivity index (χ1v) is 8.35. The molecular formula is C14H21ClN2O3S. The van der Waals surface area contributed by atoms with Gasteiger partial charge in [0.15, 0.2) is 0 Å². The molecule has 3 rings (SSSR count). The standard InChI is InChI=1S/C14H20N2O3S.ClH/c1-19-12-2-4-13(5-3-12)20(17,18)16-9-7-14(11-16)6-8-15-10-14;/h2-5,15H,6-11H2,1H3;1H. The number of methoxy groups -OCH3 is 1. The minimum atomic E-state index is -3.38. The first-order valence-electron chi connectivity index (χ1n) is 6.91. The predicted molar refractivity (Wildman–Crippen MR) is 83.5 cm³/mol. The van der Waals surface area contributed by atoms with Crippen molar-refractivity contribution in [3.63, 3.8) is 0 Å². The summed E-state index contributed by atoms with van der Waals surface area (Å²) in [4.78, 5) is 0.348. The van der Waals surface area contributed by atoms with Crippen LogP contribution in [0.3, 0.4) is 0 Å². The molecule has 1 aromatic rings. The lowest BCUT2D eigenvalue weighted by atomic mass is 9.87. The highest BCUT2D eigenvalue weighted by atomic mass is 35.5. The van der Waals surface area contributed by atoms with Crippen LogP contribution in [0.4, 0.5) is 0 Å². The normalized spacial score (nSPS) is 26.0. The summed E-state index contributed by atoms with van der Waals surface area (Å²) in [6.07, 6.45) is 2.02. The summed E-state index contributed by atoms with van der Waals surface area (Å²) < 4.78 is 32.0. The molecule has 0 saturated carbocycles. The molecule has 21 heavy (non-hydrogen) atoms. The van der Waals surface area contributed by atoms with Crippen molar-refractivity contribution in [3.05, 3.63) is 24.3 Å². The zero-order valence-electron chi connectivity index (χ0n) is 12.0. The van der Waals surface area contributed by atoms with Crippen molar-refractivity contribution < 1.29 is 13.2 Å². The van der Waals surface area contributed by atoms with Crippen LogP contribution in [0, 0.1) is 5.41 Å². The second-order valence-corrected chi connectivity index (χ2v) is 7.63. The quantitative estimate of drug-likeness (QED) is 0.911. The van der Waals surface area contributed by atoms with Crippen molar-refractivity contribution in [2.45, 2.75) is 17.7 Å². The van der Waals surface area contributed by atoms with Gasteiger partial charge in [0.2, 0.25) is 10.0 Å². The van der Waals surface area contributed by atoms with Gasteiger partial charge in [-0.1, -0.05) is 0 Å². The third-order valence-corrected chi connectivity index (χ3v) is 6.29. The average Bonchev–Trinajstić information content (AvgIpc) is 3.10. The lowest BCUT2D eigenvalue weighted by Gasteiger charge is -2.22. The van der Waals surface area contributed by atoms with Gasteiger partial charge in [-0.2, -0.15) is 4.31 Å². The largest absolute Gasteiger partial charge is 0.497 e. The molecule has 5 nitrogen and oxygen atoms in total. The number of halogens is 1. The van der Waals surface area contributed by atoms with Crippen LogP contribution in [-0.2, 0) is 10.0 Å². The summed E-state index contributed by atoms with van der Waals surface area (Å²) >= 11 is 0. The van der Waals surface area contributed by atoms with E-state index >= 15 is 0 Å². The van der Waals surface area contributed by atoms with Gasteiger partial charge in [-0.05, 0) is 49.1 Å². The van der Waals surface area contributed by atoms with Crippen molar-refractivity contribution in [2.24, 2.45) is 5.41 Å². The molecule has 0 aromatic heterocycles. The van der Waals surface area contributed by atoms with Gasteiger partial charge >= 0.3 is 0 Å². The summed E-state index contributed by atoms with van der Waals surface area (Å²) in [5.41, 5.74) is 0.152. The van der Waals surface area contributed by atoms with Crippen molar-refractivity contribution in [3.8, 4) is 5.75 Å². The Morgan fingerprint density at radius 1 is 1.24 bits per heavy atom. The van der Waals surface area contributed by atoms with Crippen LogP contribution < -0.4 is 10.1 Å². The average molecular weight is 333 g/mol. The Hall–Kier alpha value is -0.820. The Balaban J connectivity index is 0.00000161. The maximum Gasteiger partial charge on any atom is 0.243 e. The molecule has 1 spiro atoms. The molecule has 1 atom stereocenters. The van der Waals surface area contributed by atoms with E-state index in [4.69, 9.17) is 4.74 Å². The van der Waals surface area contributed by atoms with Crippen LogP contribution in [0.1, 0.15) is 12.8 Å². The molecule has 2 aliphatic rings. The van der Waals surface area contributed by atoms with Gasteiger partial charge in [0, 0.05) is 19.6 Å². The number of benzene rings is 1. The maximum absolute atomic E-state index is 12.6. The summed E-state index contributed by atoms with van der Waals surface area (Å²) in [5.74, 6) is 0.668. The molecule has 1 aromatic carbocycles. The van der Waals surface area contributed by atoms with E-state index in [1.54, 1.807) is 35.7 Å². The van der Waals surface area contributed by atoms with Gasteiger partial charge < -0.3 is 10.1 Å². The summed E-state index contributed by atoms with van der Waals surface area (Å²) in [6, 6.07) is 6.61. The van der Waals surface area contributed by atoms with E-state index in [2.05, 4.69) is 5.32 Å². The molecule has 0 aliphatic carbocycles. The molecule has 0 bridgehead atoms. The molecule has 1 N–H and O–H groups in total. The monoisotopic (exact) mass is 332 g/mol. The molecule has 0 radical (unpaired) electrons. The Kier molecular flexibility index (Phi) is 4.82. The van der Waals surface area contributed by atoms with E-state index in [0.29, 0.717) is 23.7 Å². The van der Waals surface area contributed by atoms with E-state index in [9.17, 15) is 8.42 Å². The minimum absolute atomic E-state index is 0. The van der Waals surface area contributed by atoms with E-state index in [0.717, 1.165) is 25.9 Å². The topological polar surface area (TPSA) is 58.6 Å². The van der Waals surface area contributed by atoms with Gasteiger partial charge in [-0.25, -0.2) is 8.42 Å². The molecular weight excluding hydrogens is 312 g/mol. The molecule has 2 heterocycles. The number of nitrogens with zero attached hydrogens (tertiary/aromatic N) is 1. The van der Waals surface area contributed by atoms with Crippen molar-refractivity contribution >= 4 is 22.4 Å². The zero-order valence-corrected chi connectivity index (χ0v) is 13.7. The number of hydrogen-bond acceptors (Lipinski definition) is 4. The molecule has 2 saturated heterocycles. The van der Waals surface area contributed by atoms with Gasteiger partial charge in [-0.15, -0.1) is 12.4 Å². The highest BCUT2D eigenvalue weighted by molar-refractivity contribution is 7.89. The second kappa shape index (κ2) is 6.12. The first-order chi connectivity index (χ1) is 9.56. The molecule has 2 aliphatic heterocycles. The lowest BCUT2D eigenvalue weighted by Crippen LogP contribution is -2.33. The molecule has 2 fully saturated rings. The van der Waals surface area contributed by atoms with E-state index in [-0.39, 0.29) is 17.8 Å².